The molecule has 0 unspecified atom stereocenters. The molecule has 1 amide bonds. The maximum atomic E-state index is 12.6. The van der Waals surface area contributed by atoms with E-state index in [2.05, 4.69) is 5.32 Å². The van der Waals surface area contributed by atoms with Gasteiger partial charge in [0.2, 0.25) is 0 Å². The van der Waals surface area contributed by atoms with E-state index >= 15 is 0 Å². The summed E-state index contributed by atoms with van der Waals surface area (Å²) in [6.07, 6.45) is 1.37. The first-order chi connectivity index (χ1) is 15.0. The minimum absolute atomic E-state index is 0.0610. The highest BCUT2D eigenvalue weighted by molar-refractivity contribution is 6.31. The minimum Gasteiger partial charge on any atom is -0.488 e. The zero-order valence-electron chi connectivity index (χ0n) is 16.1. The number of hydrogen-bond donors (Lipinski definition) is 1. The van der Waals surface area contributed by atoms with Crippen LogP contribution in [0.5, 0.6) is 5.75 Å². The lowest BCUT2D eigenvalue weighted by Gasteiger charge is -2.10. The molecule has 8 heteroatoms. The van der Waals surface area contributed by atoms with Crippen LogP contribution in [0.2, 0.25) is 5.02 Å². The number of halogens is 1. The highest BCUT2D eigenvalue weighted by atomic mass is 35.5. The standard InChI is InChI=1S/C23H16ClN3O4/c24-19-10-11-20(21(13-19)27(29)30)26-23(28)18(14-25)12-17-8-4-5-9-22(17)31-15-16-6-2-1-3-7-16/h1-13H,15H2,(H,26,28)/b18-12+. The largest absolute Gasteiger partial charge is 0.488 e. The fourth-order valence-corrected chi connectivity index (χ4v) is 2.89. The molecule has 7 nitrogen and oxygen atoms in total. The third-order valence-electron chi connectivity index (χ3n) is 4.23. The second-order valence-electron chi connectivity index (χ2n) is 6.35. The third-order valence-corrected chi connectivity index (χ3v) is 4.46. The van der Waals surface area contributed by atoms with Crippen LogP contribution in [0.1, 0.15) is 11.1 Å². The molecule has 0 saturated carbocycles. The number of nitro groups is 1. The number of benzene rings is 3. The molecule has 0 fully saturated rings. The van der Waals surface area contributed by atoms with Crippen molar-refractivity contribution in [1.82, 2.24) is 0 Å². The third kappa shape index (κ3) is 5.69. The molecule has 0 aliphatic rings. The number of nitrogens with zero attached hydrogens (tertiary/aromatic N) is 2. The van der Waals surface area contributed by atoms with Gasteiger partial charge in [0, 0.05) is 16.7 Å². The van der Waals surface area contributed by atoms with Crippen molar-refractivity contribution in [2.24, 2.45) is 0 Å². The number of nitrogens with one attached hydrogen (secondary N) is 1. The number of para-hydroxylation sites is 1. The SMILES string of the molecule is N#C/C(=C\c1ccccc1OCc1ccccc1)C(=O)Nc1ccc(Cl)cc1[N+](=O)[O-]. The maximum Gasteiger partial charge on any atom is 0.294 e. The van der Waals surface area contributed by atoms with Crippen molar-refractivity contribution in [2.75, 3.05) is 5.32 Å². The highest BCUT2D eigenvalue weighted by Gasteiger charge is 2.19. The first-order valence-corrected chi connectivity index (χ1v) is 9.48. The fourth-order valence-electron chi connectivity index (χ4n) is 2.72. The fraction of sp³-hybridized carbons (Fsp3) is 0.0435. The Hall–Kier alpha value is -4.15. The Bertz CT molecular complexity index is 1190. The average Bonchev–Trinajstić information content (AvgIpc) is 2.78. The summed E-state index contributed by atoms with van der Waals surface area (Å²) in [6, 6.07) is 22.2. The molecule has 0 aromatic heterocycles. The van der Waals surface area contributed by atoms with Gasteiger partial charge in [-0.25, -0.2) is 0 Å². The van der Waals surface area contributed by atoms with Crippen molar-refractivity contribution < 1.29 is 14.5 Å². The molecule has 0 aliphatic heterocycles. The van der Waals surface area contributed by atoms with Crippen molar-refractivity contribution in [3.63, 3.8) is 0 Å². The lowest BCUT2D eigenvalue weighted by molar-refractivity contribution is -0.383. The van der Waals surface area contributed by atoms with Crippen LogP contribution >= 0.6 is 11.6 Å². The van der Waals surface area contributed by atoms with Crippen LogP contribution in [0.4, 0.5) is 11.4 Å². The second kappa shape index (κ2) is 10.1. The van der Waals surface area contributed by atoms with Crippen molar-refractivity contribution in [3.8, 4) is 11.8 Å². The summed E-state index contributed by atoms with van der Waals surface area (Å²) in [4.78, 5) is 23.2. The summed E-state index contributed by atoms with van der Waals surface area (Å²) in [7, 11) is 0. The molecular weight excluding hydrogens is 418 g/mol. The number of nitriles is 1. The number of ether oxygens (including phenoxy) is 1. The molecule has 0 heterocycles. The van der Waals surface area contributed by atoms with E-state index in [0.29, 0.717) is 17.9 Å². The van der Waals surface area contributed by atoms with Gasteiger partial charge in [0.25, 0.3) is 11.6 Å². The molecule has 154 valence electrons. The van der Waals surface area contributed by atoms with Gasteiger partial charge in [-0.2, -0.15) is 5.26 Å². The number of carbonyl (C=O) groups excluding carboxylic acids is 1. The van der Waals surface area contributed by atoms with E-state index in [9.17, 15) is 20.2 Å². The Balaban J connectivity index is 1.83. The summed E-state index contributed by atoms with van der Waals surface area (Å²) in [5.41, 5.74) is 0.823. The monoisotopic (exact) mass is 433 g/mol. The van der Waals surface area contributed by atoms with Crippen LogP contribution < -0.4 is 10.1 Å². The van der Waals surface area contributed by atoms with Crippen LogP contribution in [0.3, 0.4) is 0 Å². The first kappa shape index (κ1) is 21.6. The number of carbonyl (C=O) groups is 1. The molecule has 0 bridgehead atoms. The van der Waals surface area contributed by atoms with Crippen LogP contribution in [0.15, 0.2) is 78.4 Å². The average molecular weight is 434 g/mol. The van der Waals surface area contributed by atoms with Crippen molar-refractivity contribution in [3.05, 3.63) is 105 Å². The Morgan fingerprint density at radius 1 is 1.13 bits per heavy atom. The molecule has 3 aromatic rings. The summed E-state index contributed by atoms with van der Waals surface area (Å²) in [6.45, 7) is 0.316. The molecule has 1 N–H and O–H groups in total. The Morgan fingerprint density at radius 2 is 1.84 bits per heavy atom. The van der Waals surface area contributed by atoms with Gasteiger partial charge in [0.1, 0.15) is 29.7 Å². The molecule has 31 heavy (non-hydrogen) atoms. The number of nitro benzene ring substituents is 1. The minimum atomic E-state index is -0.786. The quantitative estimate of drug-likeness (QED) is 0.233. The van der Waals surface area contributed by atoms with E-state index < -0.39 is 10.8 Å². The molecule has 0 radical (unpaired) electrons. The summed E-state index contributed by atoms with van der Waals surface area (Å²) in [5, 5.41) is 23.3. The van der Waals surface area contributed by atoms with Gasteiger partial charge in [-0.1, -0.05) is 60.1 Å². The normalized spacial score (nSPS) is 10.8. The smallest absolute Gasteiger partial charge is 0.294 e. The van der Waals surface area contributed by atoms with Crippen LogP contribution in [0, 0.1) is 21.4 Å². The zero-order chi connectivity index (χ0) is 22.2. The zero-order valence-corrected chi connectivity index (χ0v) is 16.9. The lowest BCUT2D eigenvalue weighted by Crippen LogP contribution is -2.14. The van der Waals surface area contributed by atoms with E-state index in [1.54, 1.807) is 24.3 Å². The molecule has 0 atom stereocenters. The van der Waals surface area contributed by atoms with Crippen molar-refractivity contribution in [2.45, 2.75) is 6.61 Å². The predicted octanol–water partition coefficient (Wildman–Crippen LogP) is 5.37. The predicted molar refractivity (Wildman–Crippen MR) is 118 cm³/mol. The highest BCUT2D eigenvalue weighted by Crippen LogP contribution is 2.28. The molecule has 0 spiro atoms. The van der Waals surface area contributed by atoms with Gasteiger partial charge in [-0.05, 0) is 29.8 Å². The summed E-state index contributed by atoms with van der Waals surface area (Å²) < 4.78 is 5.84. The van der Waals surface area contributed by atoms with Crippen LogP contribution in [-0.2, 0) is 11.4 Å². The second-order valence-corrected chi connectivity index (χ2v) is 6.79. The van der Waals surface area contributed by atoms with Crippen LogP contribution in [-0.4, -0.2) is 10.8 Å². The van der Waals surface area contributed by atoms with Gasteiger partial charge in [-0.15, -0.1) is 0 Å². The van der Waals surface area contributed by atoms with Gasteiger partial charge in [0.15, 0.2) is 0 Å². The van der Waals surface area contributed by atoms with Crippen molar-refractivity contribution in [1.29, 1.82) is 5.26 Å². The maximum absolute atomic E-state index is 12.6. The Kier molecular flexibility index (Phi) is 6.99. The van der Waals surface area contributed by atoms with E-state index in [-0.39, 0.29) is 22.0 Å². The van der Waals surface area contributed by atoms with Gasteiger partial charge in [0.05, 0.1) is 4.92 Å². The first-order valence-electron chi connectivity index (χ1n) is 9.11. The summed E-state index contributed by atoms with van der Waals surface area (Å²) in [5.74, 6) is -0.296. The number of anilines is 1. The number of hydrogen-bond acceptors (Lipinski definition) is 5. The van der Waals surface area contributed by atoms with E-state index in [4.69, 9.17) is 16.3 Å². The number of amides is 1. The molecule has 0 saturated heterocycles. The van der Waals surface area contributed by atoms with Gasteiger partial charge < -0.3 is 10.1 Å². The molecule has 0 aliphatic carbocycles. The number of rotatable bonds is 7. The summed E-state index contributed by atoms with van der Waals surface area (Å²) >= 11 is 5.79. The Labute approximate surface area is 183 Å². The Morgan fingerprint density at radius 3 is 2.55 bits per heavy atom. The lowest BCUT2D eigenvalue weighted by atomic mass is 10.1. The van der Waals surface area contributed by atoms with Gasteiger partial charge >= 0.3 is 0 Å². The topological polar surface area (TPSA) is 105 Å². The van der Waals surface area contributed by atoms with E-state index in [1.165, 1.54) is 18.2 Å². The molecule has 3 rings (SSSR count). The van der Waals surface area contributed by atoms with Crippen LogP contribution in [0.25, 0.3) is 6.08 Å². The molecular formula is C23H16ClN3O4. The van der Waals surface area contributed by atoms with E-state index in [1.807, 2.05) is 36.4 Å². The van der Waals surface area contributed by atoms with Crippen molar-refractivity contribution >= 4 is 35.0 Å². The van der Waals surface area contributed by atoms with E-state index in [0.717, 1.165) is 11.6 Å². The molecule has 3 aromatic carbocycles. The van der Waals surface area contributed by atoms with Gasteiger partial charge in [-0.3, -0.25) is 14.9 Å².